The highest BCUT2D eigenvalue weighted by Crippen LogP contribution is 2.27. The molecule has 0 fully saturated rings. The van der Waals surface area contributed by atoms with E-state index in [1.165, 1.54) is 32.2 Å². The number of benzene rings is 1. The number of hydrogen-bond acceptors (Lipinski definition) is 2. The standard InChI is InChI=1S/C11H11F4NO2/c1-6-5-7(18-2)3-4-8(6)16-10(17)11(14,15)9(12)13/h3-5,9H,1-2H3,(H,16,17). The van der Waals surface area contributed by atoms with Crippen LogP contribution in [0.3, 0.4) is 0 Å². The highest BCUT2D eigenvalue weighted by Gasteiger charge is 2.49. The highest BCUT2D eigenvalue weighted by molar-refractivity contribution is 5.97. The average molecular weight is 265 g/mol. The van der Waals surface area contributed by atoms with Gasteiger partial charge in [-0.3, -0.25) is 4.79 Å². The third-order valence-electron chi connectivity index (χ3n) is 2.26. The zero-order valence-corrected chi connectivity index (χ0v) is 9.64. The van der Waals surface area contributed by atoms with Crippen molar-refractivity contribution in [1.82, 2.24) is 0 Å². The van der Waals surface area contributed by atoms with Gasteiger partial charge in [0.25, 0.3) is 0 Å². The number of methoxy groups -OCH3 is 1. The van der Waals surface area contributed by atoms with Crippen molar-refractivity contribution < 1.29 is 27.1 Å². The molecule has 0 saturated carbocycles. The Kier molecular flexibility index (Phi) is 4.15. The minimum atomic E-state index is -4.72. The first kappa shape index (κ1) is 14.3. The van der Waals surface area contributed by atoms with Gasteiger partial charge in [-0.25, -0.2) is 8.78 Å². The third-order valence-corrected chi connectivity index (χ3v) is 2.26. The van der Waals surface area contributed by atoms with E-state index in [1.54, 1.807) is 5.32 Å². The molecule has 1 rings (SSSR count). The number of amides is 1. The van der Waals surface area contributed by atoms with Crippen LogP contribution >= 0.6 is 0 Å². The molecule has 0 aromatic heterocycles. The van der Waals surface area contributed by atoms with Crippen LogP contribution in [-0.2, 0) is 4.79 Å². The van der Waals surface area contributed by atoms with Gasteiger partial charge in [-0.05, 0) is 30.7 Å². The van der Waals surface area contributed by atoms with Gasteiger partial charge in [0.1, 0.15) is 5.75 Å². The monoisotopic (exact) mass is 265 g/mol. The Morgan fingerprint density at radius 3 is 2.44 bits per heavy atom. The van der Waals surface area contributed by atoms with E-state index in [1.807, 2.05) is 0 Å². The Balaban J connectivity index is 2.89. The van der Waals surface area contributed by atoms with E-state index >= 15 is 0 Å². The molecule has 3 nitrogen and oxygen atoms in total. The molecule has 0 aliphatic heterocycles. The van der Waals surface area contributed by atoms with Crippen LogP contribution in [0.1, 0.15) is 5.56 Å². The summed E-state index contributed by atoms with van der Waals surface area (Å²) in [5.41, 5.74) is 0.453. The first-order valence-corrected chi connectivity index (χ1v) is 4.91. The molecule has 1 amide bonds. The molecule has 0 spiro atoms. The Morgan fingerprint density at radius 1 is 1.39 bits per heavy atom. The molecule has 1 aromatic rings. The van der Waals surface area contributed by atoms with Gasteiger partial charge in [-0.2, -0.15) is 8.78 Å². The number of halogens is 4. The smallest absolute Gasteiger partial charge is 0.383 e. The Hall–Kier alpha value is -1.79. The number of carbonyl (C=O) groups is 1. The van der Waals surface area contributed by atoms with Gasteiger partial charge in [0, 0.05) is 5.69 Å². The number of rotatable bonds is 4. The molecular formula is C11H11F4NO2. The normalized spacial score (nSPS) is 11.5. The van der Waals surface area contributed by atoms with Crippen LogP contribution in [0, 0.1) is 6.92 Å². The summed E-state index contributed by atoms with van der Waals surface area (Å²) in [5.74, 6) is -6.29. The summed E-state index contributed by atoms with van der Waals surface area (Å²) in [5, 5.41) is 1.76. The SMILES string of the molecule is COc1ccc(NC(=O)C(F)(F)C(F)F)c(C)c1. The molecule has 0 saturated heterocycles. The predicted molar refractivity (Wildman–Crippen MR) is 57.3 cm³/mol. The maximum atomic E-state index is 12.7. The second kappa shape index (κ2) is 5.24. The number of anilines is 1. The molecular weight excluding hydrogens is 254 g/mol. The average Bonchev–Trinajstić information content (AvgIpc) is 2.31. The number of nitrogens with one attached hydrogen (secondary N) is 1. The Morgan fingerprint density at radius 2 is 2.00 bits per heavy atom. The van der Waals surface area contributed by atoms with E-state index in [2.05, 4.69) is 0 Å². The summed E-state index contributed by atoms with van der Waals surface area (Å²) in [6.45, 7) is 1.53. The topological polar surface area (TPSA) is 38.3 Å². The van der Waals surface area contributed by atoms with Crippen LogP contribution in [0.15, 0.2) is 18.2 Å². The third kappa shape index (κ3) is 2.91. The molecule has 0 atom stereocenters. The Labute approximate surface area is 101 Å². The van der Waals surface area contributed by atoms with Gasteiger partial charge in [-0.15, -0.1) is 0 Å². The maximum Gasteiger partial charge on any atom is 0.383 e. The van der Waals surface area contributed by atoms with Crippen molar-refractivity contribution in [1.29, 1.82) is 0 Å². The van der Waals surface area contributed by atoms with Crippen LogP contribution in [0.25, 0.3) is 0 Å². The molecule has 0 radical (unpaired) electrons. The van der Waals surface area contributed by atoms with Crippen LogP contribution < -0.4 is 10.1 Å². The number of alkyl halides is 4. The zero-order valence-electron chi connectivity index (χ0n) is 9.64. The van der Waals surface area contributed by atoms with Gasteiger partial charge in [0.15, 0.2) is 0 Å². The Bertz CT molecular complexity index is 449. The fraction of sp³-hybridized carbons (Fsp3) is 0.364. The highest BCUT2D eigenvalue weighted by atomic mass is 19.3. The molecule has 7 heteroatoms. The number of hydrogen-bond donors (Lipinski definition) is 1. The van der Waals surface area contributed by atoms with Crippen molar-refractivity contribution in [3.8, 4) is 5.75 Å². The van der Waals surface area contributed by atoms with Crippen molar-refractivity contribution in [3.05, 3.63) is 23.8 Å². The molecule has 0 unspecified atom stereocenters. The second-order valence-corrected chi connectivity index (χ2v) is 3.56. The van der Waals surface area contributed by atoms with Crippen LogP contribution in [0.5, 0.6) is 5.75 Å². The van der Waals surface area contributed by atoms with Gasteiger partial charge < -0.3 is 10.1 Å². The van der Waals surface area contributed by atoms with Crippen LogP contribution in [-0.4, -0.2) is 25.4 Å². The largest absolute Gasteiger partial charge is 0.497 e. The molecule has 100 valence electrons. The van der Waals surface area contributed by atoms with Crippen molar-refractivity contribution in [2.75, 3.05) is 12.4 Å². The summed E-state index contributed by atoms with van der Waals surface area (Å²) in [4.78, 5) is 11.0. The first-order chi connectivity index (χ1) is 8.28. The van der Waals surface area contributed by atoms with Crippen LogP contribution in [0.4, 0.5) is 23.2 Å². The molecule has 0 aliphatic carbocycles. The van der Waals surface area contributed by atoms with Crippen molar-refractivity contribution >= 4 is 11.6 Å². The van der Waals surface area contributed by atoms with Gasteiger partial charge in [0.05, 0.1) is 7.11 Å². The lowest BCUT2D eigenvalue weighted by atomic mass is 10.2. The summed E-state index contributed by atoms with van der Waals surface area (Å²) in [6, 6.07) is 4.20. The minimum Gasteiger partial charge on any atom is -0.497 e. The summed E-state index contributed by atoms with van der Waals surface area (Å²) in [7, 11) is 1.41. The number of carbonyl (C=O) groups excluding carboxylic acids is 1. The second-order valence-electron chi connectivity index (χ2n) is 3.56. The molecule has 1 aromatic carbocycles. The van der Waals surface area contributed by atoms with E-state index in [-0.39, 0.29) is 5.69 Å². The lowest BCUT2D eigenvalue weighted by molar-refractivity contribution is -0.163. The lowest BCUT2D eigenvalue weighted by Crippen LogP contribution is -2.41. The zero-order chi connectivity index (χ0) is 13.9. The number of ether oxygens (including phenoxy) is 1. The summed E-state index contributed by atoms with van der Waals surface area (Å²) < 4.78 is 54.2. The van der Waals surface area contributed by atoms with Crippen molar-refractivity contribution in [3.63, 3.8) is 0 Å². The van der Waals surface area contributed by atoms with Crippen LogP contribution in [0.2, 0.25) is 0 Å². The first-order valence-electron chi connectivity index (χ1n) is 4.91. The molecule has 0 aliphatic rings. The minimum absolute atomic E-state index is 0.0288. The quantitative estimate of drug-likeness (QED) is 0.850. The maximum absolute atomic E-state index is 12.7. The van der Waals surface area contributed by atoms with E-state index < -0.39 is 18.3 Å². The molecule has 1 N–H and O–H groups in total. The fourth-order valence-electron chi connectivity index (χ4n) is 1.21. The van der Waals surface area contributed by atoms with E-state index in [0.717, 1.165) is 0 Å². The van der Waals surface area contributed by atoms with Crippen molar-refractivity contribution in [2.24, 2.45) is 0 Å². The molecule has 18 heavy (non-hydrogen) atoms. The molecule has 0 heterocycles. The van der Waals surface area contributed by atoms with E-state index in [0.29, 0.717) is 11.3 Å². The summed E-state index contributed by atoms with van der Waals surface area (Å²) >= 11 is 0. The van der Waals surface area contributed by atoms with Gasteiger partial charge >= 0.3 is 18.3 Å². The van der Waals surface area contributed by atoms with Gasteiger partial charge in [0.2, 0.25) is 0 Å². The van der Waals surface area contributed by atoms with Crippen molar-refractivity contribution in [2.45, 2.75) is 19.3 Å². The summed E-state index contributed by atoms with van der Waals surface area (Å²) in [6.07, 6.45) is -4.05. The fourth-order valence-corrected chi connectivity index (χ4v) is 1.21. The van der Waals surface area contributed by atoms with E-state index in [9.17, 15) is 22.4 Å². The number of aryl methyl sites for hydroxylation is 1. The lowest BCUT2D eigenvalue weighted by Gasteiger charge is -2.16. The van der Waals surface area contributed by atoms with Gasteiger partial charge in [-0.1, -0.05) is 0 Å². The molecule has 0 bridgehead atoms. The predicted octanol–water partition coefficient (Wildman–Crippen LogP) is 2.84. The van der Waals surface area contributed by atoms with E-state index in [4.69, 9.17) is 4.74 Å².